The molecule has 2 aromatic rings. The average Bonchev–Trinajstić information content (AvgIpc) is 2.61. The third-order valence-corrected chi connectivity index (χ3v) is 5.06. The molecule has 1 aromatic heterocycles. The Labute approximate surface area is 169 Å². The minimum atomic E-state index is 0.399. The molecular formula is C18H21Cl2N5S. The zero-order chi connectivity index (χ0) is 18.5. The van der Waals surface area contributed by atoms with Crippen molar-refractivity contribution >= 4 is 52.3 Å². The lowest BCUT2D eigenvalue weighted by Crippen LogP contribution is -2.38. The van der Waals surface area contributed by atoms with Crippen LogP contribution < -0.4 is 15.5 Å². The van der Waals surface area contributed by atoms with Crippen LogP contribution in [0.3, 0.4) is 0 Å². The first kappa shape index (κ1) is 19.1. The second-order valence-corrected chi connectivity index (χ2v) is 7.58. The molecule has 0 radical (unpaired) electrons. The van der Waals surface area contributed by atoms with Gasteiger partial charge in [0, 0.05) is 30.2 Å². The van der Waals surface area contributed by atoms with E-state index in [0.29, 0.717) is 33.8 Å². The number of nitrogens with zero attached hydrogens (tertiary/aromatic N) is 3. The monoisotopic (exact) mass is 409 g/mol. The second kappa shape index (κ2) is 8.84. The summed E-state index contributed by atoms with van der Waals surface area (Å²) >= 11 is 17.4. The van der Waals surface area contributed by atoms with Crippen LogP contribution in [0, 0.1) is 0 Å². The Morgan fingerprint density at radius 2 is 2.00 bits per heavy atom. The Balaban J connectivity index is 1.63. The van der Waals surface area contributed by atoms with Crippen molar-refractivity contribution in [2.75, 3.05) is 16.8 Å². The summed E-state index contributed by atoms with van der Waals surface area (Å²) in [7, 11) is 0. The van der Waals surface area contributed by atoms with Crippen molar-refractivity contribution in [2.24, 2.45) is 0 Å². The minimum absolute atomic E-state index is 0.399. The zero-order valence-corrected chi connectivity index (χ0v) is 16.8. The van der Waals surface area contributed by atoms with Crippen molar-refractivity contribution in [3.8, 4) is 0 Å². The molecule has 0 unspecified atom stereocenters. The van der Waals surface area contributed by atoms with Gasteiger partial charge in [0.2, 0.25) is 5.95 Å². The van der Waals surface area contributed by atoms with Gasteiger partial charge in [0.25, 0.3) is 0 Å². The van der Waals surface area contributed by atoms with Gasteiger partial charge >= 0.3 is 0 Å². The van der Waals surface area contributed by atoms with E-state index >= 15 is 0 Å². The van der Waals surface area contributed by atoms with E-state index in [1.807, 2.05) is 24.3 Å². The van der Waals surface area contributed by atoms with E-state index in [2.05, 4.69) is 32.4 Å². The molecule has 1 aliphatic rings. The number of aromatic nitrogens is 2. The summed E-state index contributed by atoms with van der Waals surface area (Å²) in [6.07, 6.45) is 3.57. The number of anilines is 2. The zero-order valence-electron chi connectivity index (χ0n) is 14.5. The van der Waals surface area contributed by atoms with Gasteiger partial charge in [0.1, 0.15) is 11.0 Å². The summed E-state index contributed by atoms with van der Waals surface area (Å²) < 4.78 is 0. The normalized spacial score (nSPS) is 17.0. The number of hydrogen-bond donors (Lipinski definition) is 2. The van der Waals surface area contributed by atoms with Gasteiger partial charge in [0.05, 0.1) is 0 Å². The molecule has 138 valence electrons. The molecule has 3 rings (SSSR count). The van der Waals surface area contributed by atoms with Crippen molar-refractivity contribution in [3.05, 3.63) is 46.1 Å². The van der Waals surface area contributed by atoms with Gasteiger partial charge in [-0.05, 0) is 56.1 Å². The van der Waals surface area contributed by atoms with Gasteiger partial charge in [-0.2, -0.15) is 4.98 Å². The first-order valence-electron chi connectivity index (χ1n) is 8.62. The summed E-state index contributed by atoms with van der Waals surface area (Å²) in [5.41, 5.74) is 1.08. The highest BCUT2D eigenvalue weighted by Gasteiger charge is 2.21. The van der Waals surface area contributed by atoms with Gasteiger partial charge in [-0.25, -0.2) is 4.98 Å². The third kappa shape index (κ3) is 5.19. The molecule has 1 saturated heterocycles. The summed E-state index contributed by atoms with van der Waals surface area (Å²) in [4.78, 5) is 11.1. The summed E-state index contributed by atoms with van der Waals surface area (Å²) in [5.74, 6) is 1.24. The number of hydrogen-bond acceptors (Lipinski definition) is 4. The fourth-order valence-electron chi connectivity index (χ4n) is 2.98. The second-order valence-electron chi connectivity index (χ2n) is 6.34. The largest absolute Gasteiger partial charge is 0.358 e. The smallest absolute Gasteiger partial charge is 0.232 e. The average molecular weight is 410 g/mol. The SMILES string of the molecule is C[C@H]1CCCCN1c1cc(Cl)nc(NC(=S)NCc2ccc(Cl)cc2)n1. The highest BCUT2D eigenvalue weighted by Crippen LogP contribution is 2.25. The Morgan fingerprint density at radius 1 is 1.23 bits per heavy atom. The molecule has 1 atom stereocenters. The number of benzene rings is 1. The standard InChI is InChI=1S/C18H21Cl2N5S/c1-12-4-2-3-9-25(12)16-10-15(20)22-17(23-16)24-18(26)21-11-13-5-7-14(19)8-6-13/h5-8,10,12H,2-4,9,11H2,1H3,(H2,21,22,23,24,26)/t12-/m0/s1. The van der Waals surface area contributed by atoms with Crippen LogP contribution in [0.15, 0.2) is 30.3 Å². The lowest BCUT2D eigenvalue weighted by molar-refractivity contribution is 0.481. The summed E-state index contributed by atoms with van der Waals surface area (Å²) in [5, 5.41) is 7.71. The van der Waals surface area contributed by atoms with Crippen molar-refractivity contribution in [2.45, 2.75) is 38.8 Å². The molecule has 1 fully saturated rings. The summed E-state index contributed by atoms with van der Waals surface area (Å²) in [6.45, 7) is 3.77. The number of halogens is 2. The van der Waals surface area contributed by atoms with E-state index in [9.17, 15) is 0 Å². The molecule has 0 amide bonds. The van der Waals surface area contributed by atoms with E-state index in [-0.39, 0.29) is 0 Å². The van der Waals surface area contributed by atoms with Crippen molar-refractivity contribution in [1.82, 2.24) is 15.3 Å². The Morgan fingerprint density at radius 3 is 2.73 bits per heavy atom. The third-order valence-electron chi connectivity index (χ3n) is 4.37. The molecule has 0 bridgehead atoms. The molecule has 0 spiro atoms. The van der Waals surface area contributed by atoms with Gasteiger partial charge in [-0.1, -0.05) is 35.3 Å². The van der Waals surface area contributed by atoms with Gasteiger partial charge in [0.15, 0.2) is 5.11 Å². The fraction of sp³-hybridized carbons (Fsp3) is 0.389. The molecule has 2 N–H and O–H groups in total. The van der Waals surface area contributed by atoms with Crippen LogP contribution in [0.4, 0.5) is 11.8 Å². The highest BCUT2D eigenvalue weighted by atomic mass is 35.5. The number of rotatable bonds is 4. The van der Waals surface area contributed by atoms with Crippen LogP contribution in [0.1, 0.15) is 31.7 Å². The van der Waals surface area contributed by atoms with Gasteiger partial charge in [-0.3, -0.25) is 0 Å². The molecule has 5 nitrogen and oxygen atoms in total. The van der Waals surface area contributed by atoms with E-state index in [4.69, 9.17) is 35.4 Å². The maximum Gasteiger partial charge on any atom is 0.232 e. The van der Waals surface area contributed by atoms with Crippen LogP contribution in [0.25, 0.3) is 0 Å². The summed E-state index contributed by atoms with van der Waals surface area (Å²) in [6, 6.07) is 9.84. The molecule has 1 aromatic carbocycles. The topological polar surface area (TPSA) is 53.1 Å². The van der Waals surface area contributed by atoms with E-state index < -0.39 is 0 Å². The predicted octanol–water partition coefficient (Wildman–Crippen LogP) is 4.65. The van der Waals surface area contributed by atoms with Crippen molar-refractivity contribution in [1.29, 1.82) is 0 Å². The van der Waals surface area contributed by atoms with Crippen LogP contribution in [0.2, 0.25) is 10.2 Å². The quantitative estimate of drug-likeness (QED) is 0.566. The molecule has 2 heterocycles. The first-order valence-corrected chi connectivity index (χ1v) is 9.78. The lowest BCUT2D eigenvalue weighted by Gasteiger charge is -2.34. The minimum Gasteiger partial charge on any atom is -0.358 e. The van der Waals surface area contributed by atoms with Crippen LogP contribution in [-0.4, -0.2) is 27.7 Å². The maximum atomic E-state index is 6.19. The molecule has 26 heavy (non-hydrogen) atoms. The van der Waals surface area contributed by atoms with Crippen LogP contribution in [0.5, 0.6) is 0 Å². The fourth-order valence-corrected chi connectivity index (χ4v) is 3.44. The Hall–Kier alpha value is -1.63. The van der Waals surface area contributed by atoms with Crippen LogP contribution >= 0.6 is 35.4 Å². The Kier molecular flexibility index (Phi) is 6.51. The highest BCUT2D eigenvalue weighted by molar-refractivity contribution is 7.80. The lowest BCUT2D eigenvalue weighted by atomic mass is 10.0. The molecule has 8 heteroatoms. The van der Waals surface area contributed by atoms with Gasteiger partial charge < -0.3 is 15.5 Å². The van der Waals surface area contributed by atoms with Crippen LogP contribution in [-0.2, 0) is 6.54 Å². The number of piperidine rings is 1. The van der Waals surface area contributed by atoms with E-state index in [1.165, 1.54) is 6.42 Å². The first-order chi connectivity index (χ1) is 12.5. The number of nitrogens with one attached hydrogen (secondary N) is 2. The molecule has 0 saturated carbocycles. The van der Waals surface area contributed by atoms with Crippen molar-refractivity contribution in [3.63, 3.8) is 0 Å². The van der Waals surface area contributed by atoms with Gasteiger partial charge in [-0.15, -0.1) is 0 Å². The van der Waals surface area contributed by atoms with E-state index in [1.54, 1.807) is 6.07 Å². The van der Waals surface area contributed by atoms with Crippen molar-refractivity contribution < 1.29 is 0 Å². The molecule has 1 aliphatic heterocycles. The number of thiocarbonyl (C=S) groups is 1. The molecular weight excluding hydrogens is 389 g/mol. The van der Waals surface area contributed by atoms with E-state index in [0.717, 1.165) is 30.8 Å². The maximum absolute atomic E-state index is 6.19. The molecule has 0 aliphatic carbocycles. The predicted molar refractivity (Wildman–Crippen MR) is 112 cm³/mol. The Bertz CT molecular complexity index is 769.